The Labute approximate surface area is 126 Å². The first-order chi connectivity index (χ1) is 8.97. The molecule has 1 aliphatic carbocycles. The molecular weight excluding hydrogens is 298 g/mol. The quantitative estimate of drug-likeness (QED) is 0.760. The number of halogens is 1. The third-order valence-electron chi connectivity index (χ3n) is 4.49. The zero-order valence-electron chi connectivity index (χ0n) is 12.5. The van der Waals surface area contributed by atoms with Crippen LogP contribution in [0.25, 0.3) is 0 Å². The Bertz CT molecular complexity index is 427. The largest absolute Gasteiger partial charge is 0.381 e. The van der Waals surface area contributed by atoms with Crippen molar-refractivity contribution in [3.05, 3.63) is 28.2 Å². The predicted molar refractivity (Wildman–Crippen MR) is 87.6 cm³/mol. The lowest BCUT2D eigenvalue weighted by atomic mass is 9.74. The van der Waals surface area contributed by atoms with Crippen LogP contribution in [0.5, 0.6) is 0 Å². The first-order valence-electron chi connectivity index (χ1n) is 7.50. The average Bonchev–Trinajstić information content (AvgIpc) is 2.32. The molecule has 3 atom stereocenters. The second-order valence-corrected chi connectivity index (χ2v) is 7.41. The van der Waals surface area contributed by atoms with Crippen molar-refractivity contribution in [1.82, 2.24) is 0 Å². The van der Waals surface area contributed by atoms with Gasteiger partial charge in [-0.05, 0) is 71.1 Å². The summed E-state index contributed by atoms with van der Waals surface area (Å²) in [7, 11) is 0. The van der Waals surface area contributed by atoms with Crippen molar-refractivity contribution in [1.29, 1.82) is 0 Å². The lowest BCUT2D eigenvalue weighted by Gasteiger charge is -2.38. The van der Waals surface area contributed by atoms with E-state index in [1.165, 1.54) is 35.0 Å². The highest BCUT2D eigenvalue weighted by Gasteiger charge is 2.30. The molecule has 2 heteroatoms. The molecule has 0 spiro atoms. The lowest BCUT2D eigenvalue weighted by Crippen LogP contribution is -2.37. The van der Waals surface area contributed by atoms with Gasteiger partial charge in [0, 0.05) is 16.2 Å². The van der Waals surface area contributed by atoms with Crippen LogP contribution < -0.4 is 5.32 Å². The van der Waals surface area contributed by atoms with Gasteiger partial charge in [-0.2, -0.15) is 0 Å². The minimum atomic E-state index is 0.614. The van der Waals surface area contributed by atoms with Crippen LogP contribution >= 0.6 is 15.9 Å². The maximum atomic E-state index is 3.79. The highest BCUT2D eigenvalue weighted by atomic mass is 79.9. The van der Waals surface area contributed by atoms with Crippen LogP contribution in [0.3, 0.4) is 0 Å². The molecule has 0 saturated heterocycles. The zero-order chi connectivity index (χ0) is 14.0. The SMILES string of the molecule is Cc1ccc(NC2CC(C)CCC2C(C)C)c(Br)c1. The lowest BCUT2D eigenvalue weighted by molar-refractivity contribution is 0.212. The summed E-state index contributed by atoms with van der Waals surface area (Å²) in [6.07, 6.45) is 4.04. The summed E-state index contributed by atoms with van der Waals surface area (Å²) in [6, 6.07) is 7.20. The van der Waals surface area contributed by atoms with Crippen LogP contribution in [0.4, 0.5) is 5.69 Å². The second kappa shape index (κ2) is 6.30. The van der Waals surface area contributed by atoms with Gasteiger partial charge in [0.1, 0.15) is 0 Å². The molecule has 1 saturated carbocycles. The number of anilines is 1. The number of nitrogens with one attached hydrogen (secondary N) is 1. The van der Waals surface area contributed by atoms with Crippen LogP contribution in [0, 0.1) is 24.7 Å². The van der Waals surface area contributed by atoms with Gasteiger partial charge < -0.3 is 5.32 Å². The third-order valence-corrected chi connectivity index (χ3v) is 5.14. The molecule has 1 fully saturated rings. The van der Waals surface area contributed by atoms with E-state index in [1.807, 2.05) is 0 Å². The number of hydrogen-bond acceptors (Lipinski definition) is 1. The van der Waals surface area contributed by atoms with Crippen molar-refractivity contribution < 1.29 is 0 Å². The Morgan fingerprint density at radius 3 is 2.63 bits per heavy atom. The van der Waals surface area contributed by atoms with Crippen molar-refractivity contribution in [2.75, 3.05) is 5.32 Å². The molecule has 0 amide bonds. The molecule has 0 bridgehead atoms. The molecule has 0 aromatic heterocycles. The van der Waals surface area contributed by atoms with Gasteiger partial charge in [0.05, 0.1) is 0 Å². The van der Waals surface area contributed by atoms with Gasteiger partial charge >= 0.3 is 0 Å². The summed E-state index contributed by atoms with van der Waals surface area (Å²) >= 11 is 3.68. The highest BCUT2D eigenvalue weighted by Crippen LogP contribution is 2.36. The van der Waals surface area contributed by atoms with Gasteiger partial charge in [-0.1, -0.05) is 33.3 Å². The molecule has 106 valence electrons. The van der Waals surface area contributed by atoms with Crippen LogP contribution in [-0.4, -0.2) is 6.04 Å². The molecular formula is C17H26BrN. The molecule has 1 aliphatic rings. The van der Waals surface area contributed by atoms with Gasteiger partial charge in [0.15, 0.2) is 0 Å². The maximum Gasteiger partial charge on any atom is 0.0487 e. The van der Waals surface area contributed by atoms with Gasteiger partial charge in [0.25, 0.3) is 0 Å². The summed E-state index contributed by atoms with van der Waals surface area (Å²) in [6.45, 7) is 9.24. The molecule has 3 unspecified atom stereocenters. The van der Waals surface area contributed by atoms with Crippen LogP contribution in [0.15, 0.2) is 22.7 Å². The van der Waals surface area contributed by atoms with Gasteiger partial charge in [0.2, 0.25) is 0 Å². The van der Waals surface area contributed by atoms with Crippen molar-refractivity contribution in [2.45, 2.75) is 53.0 Å². The molecule has 0 aliphatic heterocycles. The topological polar surface area (TPSA) is 12.0 Å². The normalized spacial score (nSPS) is 27.6. The number of rotatable bonds is 3. The number of benzene rings is 1. The predicted octanol–water partition coefficient (Wildman–Crippen LogP) is 5.63. The summed E-state index contributed by atoms with van der Waals surface area (Å²) < 4.78 is 1.19. The average molecular weight is 324 g/mol. The Balaban J connectivity index is 2.14. The molecule has 1 aromatic carbocycles. The Hall–Kier alpha value is -0.500. The summed E-state index contributed by atoms with van der Waals surface area (Å²) in [5, 5.41) is 3.79. The van der Waals surface area contributed by atoms with Crippen molar-refractivity contribution >= 4 is 21.6 Å². The molecule has 0 radical (unpaired) electrons. The van der Waals surface area contributed by atoms with E-state index in [1.54, 1.807) is 0 Å². The molecule has 0 heterocycles. The van der Waals surface area contributed by atoms with Crippen molar-refractivity contribution in [3.63, 3.8) is 0 Å². The summed E-state index contributed by atoms with van der Waals surface area (Å²) in [5.74, 6) is 2.40. The van der Waals surface area contributed by atoms with Crippen molar-refractivity contribution in [2.24, 2.45) is 17.8 Å². The van der Waals surface area contributed by atoms with E-state index < -0.39 is 0 Å². The number of hydrogen-bond donors (Lipinski definition) is 1. The Morgan fingerprint density at radius 1 is 1.26 bits per heavy atom. The van der Waals surface area contributed by atoms with E-state index >= 15 is 0 Å². The second-order valence-electron chi connectivity index (χ2n) is 6.56. The number of aryl methyl sites for hydroxylation is 1. The standard InChI is InChI=1S/C17H26BrN/c1-11(2)14-7-5-13(4)10-17(14)19-16-8-6-12(3)9-15(16)18/h6,8-9,11,13-14,17,19H,5,7,10H2,1-4H3. The summed E-state index contributed by atoms with van der Waals surface area (Å²) in [4.78, 5) is 0. The molecule has 19 heavy (non-hydrogen) atoms. The van der Waals surface area contributed by atoms with Crippen LogP contribution in [-0.2, 0) is 0 Å². The third kappa shape index (κ3) is 3.75. The molecule has 1 N–H and O–H groups in total. The van der Waals surface area contributed by atoms with Crippen LogP contribution in [0.2, 0.25) is 0 Å². The van der Waals surface area contributed by atoms with Gasteiger partial charge in [-0.25, -0.2) is 0 Å². The maximum absolute atomic E-state index is 3.79. The Morgan fingerprint density at radius 2 is 2.00 bits per heavy atom. The fourth-order valence-corrected chi connectivity index (χ4v) is 3.91. The van der Waals surface area contributed by atoms with E-state index in [-0.39, 0.29) is 0 Å². The first-order valence-corrected chi connectivity index (χ1v) is 8.29. The van der Waals surface area contributed by atoms with Crippen LogP contribution in [0.1, 0.15) is 45.6 Å². The molecule has 1 nitrogen and oxygen atoms in total. The fourth-order valence-electron chi connectivity index (χ4n) is 3.31. The van der Waals surface area contributed by atoms with Gasteiger partial charge in [-0.15, -0.1) is 0 Å². The smallest absolute Gasteiger partial charge is 0.0487 e. The zero-order valence-corrected chi connectivity index (χ0v) is 14.1. The van der Waals surface area contributed by atoms with E-state index in [9.17, 15) is 0 Å². The van der Waals surface area contributed by atoms with E-state index in [0.29, 0.717) is 6.04 Å². The van der Waals surface area contributed by atoms with E-state index in [4.69, 9.17) is 0 Å². The van der Waals surface area contributed by atoms with E-state index in [0.717, 1.165) is 17.8 Å². The molecule has 2 rings (SSSR count). The van der Waals surface area contributed by atoms with Gasteiger partial charge in [-0.3, -0.25) is 0 Å². The van der Waals surface area contributed by atoms with Crippen molar-refractivity contribution in [3.8, 4) is 0 Å². The van der Waals surface area contributed by atoms with E-state index in [2.05, 4.69) is 67.1 Å². The highest BCUT2D eigenvalue weighted by molar-refractivity contribution is 9.10. The fraction of sp³-hybridized carbons (Fsp3) is 0.647. The Kier molecular flexibility index (Phi) is 4.94. The minimum Gasteiger partial charge on any atom is -0.381 e. The first kappa shape index (κ1) is 14.9. The molecule has 1 aromatic rings. The monoisotopic (exact) mass is 323 g/mol. The minimum absolute atomic E-state index is 0.614. The summed E-state index contributed by atoms with van der Waals surface area (Å²) in [5.41, 5.74) is 2.55.